The Hall–Kier alpha value is -2.13. The molecule has 1 heterocycles. The van der Waals surface area contributed by atoms with Crippen molar-refractivity contribution in [3.8, 4) is 0 Å². The van der Waals surface area contributed by atoms with Crippen molar-refractivity contribution in [1.29, 1.82) is 0 Å². The van der Waals surface area contributed by atoms with Crippen molar-refractivity contribution in [1.82, 2.24) is 4.98 Å². The van der Waals surface area contributed by atoms with Crippen molar-refractivity contribution < 1.29 is 4.79 Å². The number of nitrogens with zero attached hydrogens (tertiary/aromatic N) is 1. The van der Waals surface area contributed by atoms with Crippen LogP contribution in [-0.2, 0) is 6.42 Å². The molecule has 0 unspecified atom stereocenters. The average molecular weight is 329 g/mol. The van der Waals surface area contributed by atoms with E-state index in [2.05, 4.69) is 16.9 Å². The first kappa shape index (κ1) is 17.2. The molecule has 2 aromatic rings. The van der Waals surface area contributed by atoms with E-state index in [-0.39, 0.29) is 5.91 Å². The zero-order valence-electron chi connectivity index (χ0n) is 14.0. The van der Waals surface area contributed by atoms with Gasteiger partial charge in [0.2, 0.25) is 0 Å². The molecular weight excluding hydrogens is 308 g/mol. The van der Waals surface area contributed by atoms with Gasteiger partial charge in [-0.2, -0.15) is 0 Å². The molecule has 1 aromatic carbocycles. The van der Waals surface area contributed by atoms with Crippen molar-refractivity contribution in [2.75, 3.05) is 5.32 Å². The van der Waals surface area contributed by atoms with Crippen LogP contribution in [0, 0.1) is 27.7 Å². The maximum absolute atomic E-state index is 12.8. The van der Waals surface area contributed by atoms with E-state index in [1.165, 1.54) is 0 Å². The second-order valence-corrected chi connectivity index (χ2v) is 6.04. The molecule has 3 nitrogen and oxygen atoms in total. The van der Waals surface area contributed by atoms with E-state index in [0.29, 0.717) is 22.7 Å². The molecule has 0 bridgehead atoms. The second kappa shape index (κ2) is 6.97. The number of halogens is 1. The lowest BCUT2D eigenvalue weighted by Gasteiger charge is -2.16. The molecule has 0 saturated heterocycles. The number of hydrogen-bond acceptors (Lipinski definition) is 2. The second-order valence-electron chi connectivity index (χ2n) is 5.66. The van der Waals surface area contributed by atoms with Gasteiger partial charge in [-0.3, -0.25) is 9.78 Å². The SMILES string of the molecule is C=CCc1c(C)nc(C)c(C(=O)Nc2c(C)cccc2C)c1Cl. The Morgan fingerprint density at radius 2 is 1.83 bits per heavy atom. The number of rotatable bonds is 4. The lowest BCUT2D eigenvalue weighted by molar-refractivity contribution is 0.102. The van der Waals surface area contributed by atoms with Gasteiger partial charge < -0.3 is 5.32 Å². The van der Waals surface area contributed by atoms with E-state index < -0.39 is 0 Å². The number of hydrogen-bond donors (Lipinski definition) is 1. The van der Waals surface area contributed by atoms with Gasteiger partial charge in [-0.15, -0.1) is 6.58 Å². The van der Waals surface area contributed by atoms with E-state index in [1.807, 2.05) is 39.0 Å². The van der Waals surface area contributed by atoms with Gasteiger partial charge in [-0.1, -0.05) is 35.9 Å². The quantitative estimate of drug-likeness (QED) is 0.807. The Morgan fingerprint density at radius 1 is 1.22 bits per heavy atom. The maximum atomic E-state index is 12.8. The number of allylic oxidation sites excluding steroid dienone is 1. The van der Waals surface area contributed by atoms with Gasteiger partial charge in [0.1, 0.15) is 0 Å². The van der Waals surface area contributed by atoms with Gasteiger partial charge in [0.25, 0.3) is 5.91 Å². The van der Waals surface area contributed by atoms with Gasteiger partial charge in [0, 0.05) is 11.4 Å². The summed E-state index contributed by atoms with van der Waals surface area (Å²) in [6.07, 6.45) is 2.35. The van der Waals surface area contributed by atoms with Crippen molar-refractivity contribution in [2.24, 2.45) is 0 Å². The van der Waals surface area contributed by atoms with E-state index >= 15 is 0 Å². The van der Waals surface area contributed by atoms with E-state index in [0.717, 1.165) is 28.1 Å². The summed E-state index contributed by atoms with van der Waals surface area (Å²) < 4.78 is 0. The van der Waals surface area contributed by atoms with E-state index in [9.17, 15) is 4.79 Å². The fraction of sp³-hybridized carbons (Fsp3) is 0.263. The Balaban J connectivity index is 2.47. The number of carbonyl (C=O) groups excluding carboxylic acids is 1. The largest absolute Gasteiger partial charge is 0.321 e. The molecule has 0 aliphatic heterocycles. The standard InChI is InChI=1S/C19H21ClN2O/c1-6-8-15-13(4)21-14(5)16(17(15)20)19(23)22-18-11(2)9-7-10-12(18)3/h6-7,9-10H,1,8H2,2-5H3,(H,22,23). The van der Waals surface area contributed by atoms with Crippen molar-refractivity contribution in [2.45, 2.75) is 34.1 Å². The average Bonchev–Trinajstić information content (AvgIpc) is 2.47. The number of amides is 1. The zero-order chi connectivity index (χ0) is 17.1. The highest BCUT2D eigenvalue weighted by molar-refractivity contribution is 6.35. The van der Waals surface area contributed by atoms with Gasteiger partial charge >= 0.3 is 0 Å². The number of benzene rings is 1. The third-order valence-electron chi connectivity index (χ3n) is 3.91. The van der Waals surface area contributed by atoms with Crippen LogP contribution < -0.4 is 5.32 Å². The van der Waals surface area contributed by atoms with Crippen LogP contribution in [0.2, 0.25) is 5.02 Å². The molecule has 120 valence electrons. The Labute approximate surface area is 142 Å². The molecule has 1 N–H and O–H groups in total. The summed E-state index contributed by atoms with van der Waals surface area (Å²) in [5.74, 6) is -0.234. The third-order valence-corrected chi connectivity index (χ3v) is 4.33. The molecule has 23 heavy (non-hydrogen) atoms. The molecule has 2 rings (SSSR count). The number of nitrogens with one attached hydrogen (secondary N) is 1. The summed E-state index contributed by atoms with van der Waals surface area (Å²) in [7, 11) is 0. The van der Waals surface area contributed by atoms with Gasteiger partial charge in [-0.25, -0.2) is 0 Å². The van der Waals surface area contributed by atoms with Crippen LogP contribution in [0.1, 0.15) is 38.4 Å². The Bertz CT molecular complexity index is 761. The highest BCUT2D eigenvalue weighted by Gasteiger charge is 2.20. The zero-order valence-corrected chi connectivity index (χ0v) is 14.7. The number of para-hydroxylation sites is 1. The number of carbonyl (C=O) groups is 1. The lowest BCUT2D eigenvalue weighted by Crippen LogP contribution is -2.18. The minimum atomic E-state index is -0.234. The van der Waals surface area contributed by atoms with Crippen molar-refractivity contribution >= 4 is 23.2 Å². The van der Waals surface area contributed by atoms with Crippen LogP contribution in [-0.4, -0.2) is 10.9 Å². The molecule has 0 aliphatic rings. The molecule has 0 saturated carbocycles. The molecule has 0 fully saturated rings. The molecule has 0 aliphatic carbocycles. The normalized spacial score (nSPS) is 10.5. The van der Waals surface area contributed by atoms with Crippen LogP contribution in [0.15, 0.2) is 30.9 Å². The fourth-order valence-corrected chi connectivity index (χ4v) is 3.11. The first-order valence-corrected chi connectivity index (χ1v) is 7.88. The van der Waals surface area contributed by atoms with Crippen LogP contribution in [0.4, 0.5) is 5.69 Å². The predicted molar refractivity (Wildman–Crippen MR) is 96.5 cm³/mol. The van der Waals surface area contributed by atoms with Crippen molar-refractivity contribution in [3.63, 3.8) is 0 Å². The molecular formula is C19H21ClN2O. The third kappa shape index (κ3) is 3.45. The smallest absolute Gasteiger partial charge is 0.259 e. The summed E-state index contributed by atoms with van der Waals surface area (Å²) in [5, 5.41) is 3.43. The summed E-state index contributed by atoms with van der Waals surface area (Å²) in [4.78, 5) is 17.2. The summed E-state index contributed by atoms with van der Waals surface area (Å²) in [6.45, 7) is 11.4. The molecule has 0 radical (unpaired) electrons. The number of anilines is 1. The Morgan fingerprint density at radius 3 is 2.39 bits per heavy atom. The molecule has 0 spiro atoms. The number of pyridine rings is 1. The molecule has 1 aromatic heterocycles. The van der Waals surface area contributed by atoms with E-state index in [1.54, 1.807) is 13.0 Å². The summed E-state index contributed by atoms with van der Waals surface area (Å²) in [5.41, 5.74) is 5.58. The highest BCUT2D eigenvalue weighted by atomic mass is 35.5. The van der Waals surface area contributed by atoms with Crippen LogP contribution >= 0.6 is 11.6 Å². The van der Waals surface area contributed by atoms with Gasteiger partial charge in [-0.05, 0) is 50.8 Å². The molecule has 0 atom stereocenters. The van der Waals surface area contributed by atoms with Gasteiger partial charge in [0.05, 0.1) is 16.3 Å². The summed E-state index contributed by atoms with van der Waals surface area (Å²) in [6, 6.07) is 5.90. The topological polar surface area (TPSA) is 42.0 Å². The minimum absolute atomic E-state index is 0.234. The fourth-order valence-electron chi connectivity index (χ4n) is 2.68. The minimum Gasteiger partial charge on any atom is -0.321 e. The monoisotopic (exact) mass is 328 g/mol. The van der Waals surface area contributed by atoms with Crippen molar-refractivity contribution in [3.05, 3.63) is 69.5 Å². The predicted octanol–water partition coefficient (Wildman–Crippen LogP) is 4.95. The molecule has 1 amide bonds. The maximum Gasteiger partial charge on any atom is 0.259 e. The summed E-state index contributed by atoms with van der Waals surface area (Å²) >= 11 is 6.49. The van der Waals surface area contributed by atoms with Crippen LogP contribution in [0.25, 0.3) is 0 Å². The first-order valence-electron chi connectivity index (χ1n) is 7.50. The highest BCUT2D eigenvalue weighted by Crippen LogP contribution is 2.28. The first-order chi connectivity index (χ1) is 10.9. The number of aromatic nitrogens is 1. The molecule has 4 heteroatoms. The lowest BCUT2D eigenvalue weighted by atomic mass is 10.0. The number of aryl methyl sites for hydroxylation is 4. The van der Waals surface area contributed by atoms with E-state index in [4.69, 9.17) is 11.6 Å². The van der Waals surface area contributed by atoms with Crippen LogP contribution in [0.3, 0.4) is 0 Å². The van der Waals surface area contributed by atoms with Gasteiger partial charge in [0.15, 0.2) is 0 Å². The van der Waals surface area contributed by atoms with Crippen LogP contribution in [0.5, 0.6) is 0 Å². The Kier molecular flexibility index (Phi) is 5.22.